The first-order valence-corrected chi connectivity index (χ1v) is 24.4. The summed E-state index contributed by atoms with van der Waals surface area (Å²) in [7, 11) is 0. The van der Waals surface area contributed by atoms with Crippen LogP contribution in [0, 0.1) is 6.92 Å². The van der Waals surface area contributed by atoms with Crippen molar-refractivity contribution in [2.24, 2.45) is 0 Å². The Kier molecular flexibility index (Phi) is 10.6. The zero-order valence-electron chi connectivity index (χ0n) is 42.1. The topological polar surface area (TPSA) is 24.9 Å². The molecule has 0 bridgehead atoms. The van der Waals surface area contributed by atoms with Crippen LogP contribution in [0.3, 0.4) is 0 Å². The van der Waals surface area contributed by atoms with Gasteiger partial charge in [0, 0.05) is 34.9 Å². The Bertz CT molecular complexity index is 2950. The van der Waals surface area contributed by atoms with Gasteiger partial charge in [-0.05, 0) is 150 Å². The minimum Gasteiger partial charge on any atom is -0.489 e. The van der Waals surface area contributed by atoms with Gasteiger partial charge >= 0.3 is 0 Å². The summed E-state index contributed by atoms with van der Waals surface area (Å²) in [6.07, 6.45) is 0.836. The van der Waals surface area contributed by atoms with E-state index in [1.807, 2.05) is 0 Å². The molecule has 0 N–H and O–H groups in total. The maximum atomic E-state index is 6.80. The van der Waals surface area contributed by atoms with Crippen LogP contribution in [0.2, 0.25) is 0 Å². The normalized spacial score (nSPS) is 14.6. The third-order valence-corrected chi connectivity index (χ3v) is 14.3. The van der Waals surface area contributed by atoms with Crippen molar-refractivity contribution in [3.05, 3.63) is 161 Å². The van der Waals surface area contributed by atoms with E-state index in [0.717, 1.165) is 35.0 Å². The van der Waals surface area contributed by atoms with E-state index in [1.54, 1.807) is 0 Å². The molecule has 3 heterocycles. The predicted octanol–water partition coefficient (Wildman–Crippen LogP) is 14.8. The summed E-state index contributed by atoms with van der Waals surface area (Å²) in [5.74, 6) is 1.63. The summed E-state index contributed by atoms with van der Waals surface area (Å²) in [4.78, 5) is 5.04. The third-order valence-electron chi connectivity index (χ3n) is 14.3. The Hall–Kier alpha value is -6.20. The summed E-state index contributed by atoms with van der Waals surface area (Å²) in [6.45, 7) is 31.0. The van der Waals surface area contributed by atoms with Gasteiger partial charge in [0.25, 0.3) is 6.71 Å². The largest absolute Gasteiger partial charge is 0.489 e. The highest BCUT2D eigenvalue weighted by Crippen LogP contribution is 2.51. The summed E-state index contributed by atoms with van der Waals surface area (Å²) in [5, 5.41) is 0. The van der Waals surface area contributed by atoms with E-state index >= 15 is 0 Å². The Morgan fingerprint density at radius 3 is 1.45 bits per heavy atom. The summed E-state index contributed by atoms with van der Waals surface area (Å²) in [6, 6.07) is 51.4. The lowest BCUT2D eigenvalue weighted by molar-refractivity contribution is 0.297. The van der Waals surface area contributed by atoms with Gasteiger partial charge in [-0.3, -0.25) is 0 Å². The van der Waals surface area contributed by atoms with Crippen LogP contribution in [0.1, 0.15) is 117 Å². The van der Waals surface area contributed by atoms with Crippen LogP contribution in [0.5, 0.6) is 11.5 Å². The van der Waals surface area contributed by atoms with Crippen LogP contribution in [0.25, 0.3) is 22.3 Å². The molecule has 0 aliphatic carbocycles. The molecule has 0 saturated carbocycles. The molecule has 10 rings (SSSR count). The maximum absolute atomic E-state index is 6.80. The molecule has 0 amide bonds. The minimum absolute atomic E-state index is 0.0194. The summed E-state index contributed by atoms with van der Waals surface area (Å²) >= 11 is 0. The van der Waals surface area contributed by atoms with Gasteiger partial charge in [-0.1, -0.05) is 162 Å². The first kappa shape index (κ1) is 44.6. The molecule has 340 valence electrons. The van der Waals surface area contributed by atoms with Crippen LogP contribution in [0.4, 0.5) is 34.1 Å². The fourth-order valence-corrected chi connectivity index (χ4v) is 10.4. The molecule has 0 atom stereocenters. The number of hydrogen-bond donors (Lipinski definition) is 0. The zero-order chi connectivity index (χ0) is 47.4. The second kappa shape index (κ2) is 16.0. The lowest BCUT2D eigenvalue weighted by atomic mass is 9.33. The summed E-state index contributed by atoms with van der Waals surface area (Å²) < 4.78 is 13.3. The van der Waals surface area contributed by atoms with E-state index in [0.29, 0.717) is 13.2 Å². The van der Waals surface area contributed by atoms with Crippen molar-refractivity contribution in [1.82, 2.24) is 0 Å². The fraction of sp³-hybridized carbons (Fsp3) is 0.323. The van der Waals surface area contributed by atoms with Gasteiger partial charge in [0.1, 0.15) is 0 Å². The van der Waals surface area contributed by atoms with Crippen molar-refractivity contribution < 1.29 is 9.47 Å². The van der Waals surface area contributed by atoms with E-state index in [9.17, 15) is 0 Å². The molecular weight excluding hydrogens is 816 g/mol. The van der Waals surface area contributed by atoms with E-state index in [4.69, 9.17) is 9.47 Å². The number of hydrogen-bond acceptors (Lipinski definition) is 4. The van der Waals surface area contributed by atoms with Gasteiger partial charge < -0.3 is 19.3 Å². The molecule has 0 saturated heterocycles. The maximum Gasteiger partial charge on any atom is 0.252 e. The third kappa shape index (κ3) is 8.02. The van der Waals surface area contributed by atoms with Crippen molar-refractivity contribution in [2.75, 3.05) is 23.0 Å². The zero-order valence-corrected chi connectivity index (χ0v) is 42.1. The van der Waals surface area contributed by atoms with Crippen LogP contribution >= 0.6 is 0 Å². The first-order valence-electron chi connectivity index (χ1n) is 24.4. The standard InChI is InChI=1S/C62H67BN2O2/c1-39-33-53-56-54(34-39)65(48-26-23-46(24-27-48)61(8,9)10)57-50(28-30-55-58(57)67-32-14-31-66-55)63(56)51-38-47(62(11,12)13)25-29-52(51)64(53)49-36-42(40-15-19-44(20-16-40)59(2,3)4)35-43(37-49)41-17-21-45(22-18-41)60(5,6)7/h15-30,33-38H,14,31-32H2,1-13H3. The Balaban J connectivity index is 1.27. The molecule has 0 spiro atoms. The van der Waals surface area contributed by atoms with Gasteiger partial charge in [0.15, 0.2) is 11.5 Å². The highest BCUT2D eigenvalue weighted by Gasteiger charge is 2.46. The van der Waals surface area contributed by atoms with Crippen molar-refractivity contribution in [2.45, 2.75) is 118 Å². The van der Waals surface area contributed by atoms with E-state index in [-0.39, 0.29) is 28.4 Å². The van der Waals surface area contributed by atoms with E-state index < -0.39 is 0 Å². The van der Waals surface area contributed by atoms with Crippen LogP contribution in [0.15, 0.2) is 133 Å². The van der Waals surface area contributed by atoms with Gasteiger partial charge in [-0.2, -0.15) is 0 Å². The Labute approximate surface area is 401 Å². The van der Waals surface area contributed by atoms with E-state index in [1.165, 1.54) is 83.5 Å². The van der Waals surface area contributed by atoms with Crippen molar-refractivity contribution in [1.29, 1.82) is 0 Å². The molecule has 7 aromatic rings. The molecule has 7 aromatic carbocycles. The molecule has 0 fully saturated rings. The molecule has 5 heteroatoms. The monoisotopic (exact) mass is 883 g/mol. The van der Waals surface area contributed by atoms with E-state index in [2.05, 4.69) is 233 Å². The van der Waals surface area contributed by atoms with Gasteiger partial charge in [-0.15, -0.1) is 0 Å². The first-order chi connectivity index (χ1) is 31.6. The molecule has 3 aliphatic rings. The predicted molar refractivity (Wildman–Crippen MR) is 286 cm³/mol. The lowest BCUT2D eigenvalue weighted by Gasteiger charge is -2.45. The Morgan fingerprint density at radius 1 is 0.418 bits per heavy atom. The van der Waals surface area contributed by atoms with Crippen molar-refractivity contribution >= 4 is 57.2 Å². The number of anilines is 6. The average molecular weight is 883 g/mol. The van der Waals surface area contributed by atoms with Crippen molar-refractivity contribution in [3.8, 4) is 33.8 Å². The van der Waals surface area contributed by atoms with Crippen LogP contribution < -0.4 is 35.7 Å². The molecular formula is C62H67BN2O2. The van der Waals surface area contributed by atoms with Gasteiger partial charge in [-0.25, -0.2) is 0 Å². The number of aryl methyl sites for hydroxylation is 1. The minimum atomic E-state index is -0.0647. The fourth-order valence-electron chi connectivity index (χ4n) is 10.4. The molecule has 67 heavy (non-hydrogen) atoms. The molecule has 0 radical (unpaired) electrons. The van der Waals surface area contributed by atoms with Crippen LogP contribution in [-0.4, -0.2) is 19.9 Å². The quantitative estimate of drug-likeness (QED) is 0.164. The van der Waals surface area contributed by atoms with Crippen LogP contribution in [-0.2, 0) is 21.7 Å². The smallest absolute Gasteiger partial charge is 0.252 e. The lowest BCUT2D eigenvalue weighted by Crippen LogP contribution is -2.61. The molecule has 0 unspecified atom stereocenters. The van der Waals surface area contributed by atoms with Gasteiger partial charge in [0.2, 0.25) is 0 Å². The average Bonchev–Trinajstić information content (AvgIpc) is 3.53. The number of ether oxygens (including phenoxy) is 2. The molecule has 0 aromatic heterocycles. The number of rotatable bonds is 4. The second-order valence-electron chi connectivity index (χ2n) is 23.4. The number of nitrogens with zero attached hydrogens (tertiary/aromatic N) is 2. The number of fused-ring (bicyclic) bond motifs is 6. The SMILES string of the molecule is Cc1cc2c3c(c1)N(c1ccc(C(C)(C)C)cc1)c1c(ccc4c1OCCCO4)B3c1cc(C(C)(C)C)ccc1N2c1cc(-c2ccc(C(C)(C)C)cc2)cc(-c2ccc(C(C)(C)C)cc2)c1. The number of benzene rings is 7. The van der Waals surface area contributed by atoms with Gasteiger partial charge in [0.05, 0.1) is 18.9 Å². The highest BCUT2D eigenvalue weighted by atomic mass is 16.5. The molecule has 3 aliphatic heterocycles. The Morgan fingerprint density at radius 2 is 0.910 bits per heavy atom. The van der Waals surface area contributed by atoms with Crippen molar-refractivity contribution in [3.63, 3.8) is 0 Å². The molecule has 4 nitrogen and oxygen atoms in total. The highest BCUT2D eigenvalue weighted by molar-refractivity contribution is 7.00. The second-order valence-corrected chi connectivity index (χ2v) is 23.4. The summed E-state index contributed by atoms with van der Waals surface area (Å²) in [5.41, 5.74) is 22.0.